The Hall–Kier alpha value is -3.22. The molecular weight excluding hydrogens is 441 g/mol. The smallest absolute Gasteiger partial charge is 0.347 e. The SMILES string of the molecule is C[C@@H](Oc1ccc(Cl)cc1Cl)C(=O)OCC(=O)Nc1ccc(Oc2ccccc2)cc1. The molecule has 3 aromatic carbocycles. The average Bonchev–Trinajstić information content (AvgIpc) is 2.76. The molecule has 0 spiro atoms. The van der Waals surface area contributed by atoms with Crippen molar-refractivity contribution in [2.24, 2.45) is 0 Å². The quantitative estimate of drug-likeness (QED) is 0.435. The van der Waals surface area contributed by atoms with Gasteiger partial charge in [0.1, 0.15) is 17.2 Å². The van der Waals surface area contributed by atoms with Crippen LogP contribution in [0.5, 0.6) is 17.2 Å². The van der Waals surface area contributed by atoms with Crippen molar-refractivity contribution < 1.29 is 23.8 Å². The summed E-state index contributed by atoms with van der Waals surface area (Å²) in [5.74, 6) is 0.442. The van der Waals surface area contributed by atoms with Crippen molar-refractivity contribution in [3.05, 3.63) is 82.8 Å². The van der Waals surface area contributed by atoms with Gasteiger partial charge in [0, 0.05) is 10.7 Å². The number of hydrogen-bond acceptors (Lipinski definition) is 5. The molecule has 0 radical (unpaired) electrons. The standard InChI is InChI=1S/C23H19Cl2NO5/c1-15(30-21-12-7-16(24)13-20(21)25)23(28)29-14-22(27)26-17-8-10-19(11-9-17)31-18-5-3-2-4-6-18/h2-13,15H,14H2,1H3,(H,26,27)/t15-/m1/s1. The van der Waals surface area contributed by atoms with E-state index in [0.717, 1.165) is 0 Å². The normalized spacial score (nSPS) is 11.3. The number of hydrogen-bond donors (Lipinski definition) is 1. The molecule has 1 amide bonds. The van der Waals surface area contributed by atoms with E-state index in [1.54, 1.807) is 36.4 Å². The summed E-state index contributed by atoms with van der Waals surface area (Å²) in [5, 5.41) is 3.36. The number of benzene rings is 3. The molecule has 0 saturated carbocycles. The van der Waals surface area contributed by atoms with Crippen LogP contribution in [0.25, 0.3) is 0 Å². The first kappa shape index (κ1) is 22.5. The minimum atomic E-state index is -0.958. The molecule has 0 saturated heterocycles. The Bertz CT molecular complexity index is 1040. The summed E-state index contributed by atoms with van der Waals surface area (Å²) in [7, 11) is 0. The van der Waals surface area contributed by atoms with Crippen LogP contribution in [0.4, 0.5) is 5.69 Å². The highest BCUT2D eigenvalue weighted by Gasteiger charge is 2.19. The molecule has 3 rings (SSSR count). The predicted molar refractivity (Wildman–Crippen MR) is 119 cm³/mol. The van der Waals surface area contributed by atoms with Gasteiger partial charge in [0.2, 0.25) is 0 Å². The molecule has 31 heavy (non-hydrogen) atoms. The van der Waals surface area contributed by atoms with Gasteiger partial charge in [-0.2, -0.15) is 0 Å². The largest absolute Gasteiger partial charge is 0.477 e. The van der Waals surface area contributed by atoms with Crippen molar-refractivity contribution in [1.29, 1.82) is 0 Å². The molecule has 0 aliphatic carbocycles. The Kier molecular flexibility index (Phi) is 7.76. The Morgan fingerprint density at radius 2 is 1.61 bits per heavy atom. The fourth-order valence-corrected chi connectivity index (χ4v) is 2.94. The molecular formula is C23H19Cl2NO5. The number of halogens is 2. The van der Waals surface area contributed by atoms with Crippen LogP contribution in [0, 0.1) is 0 Å². The van der Waals surface area contributed by atoms with E-state index in [0.29, 0.717) is 22.2 Å². The lowest BCUT2D eigenvalue weighted by Crippen LogP contribution is -2.29. The molecule has 6 nitrogen and oxygen atoms in total. The number of ether oxygens (including phenoxy) is 3. The lowest BCUT2D eigenvalue weighted by Gasteiger charge is -2.15. The minimum Gasteiger partial charge on any atom is -0.477 e. The molecule has 0 fully saturated rings. The number of carbonyl (C=O) groups is 2. The summed E-state index contributed by atoms with van der Waals surface area (Å²) in [4.78, 5) is 24.2. The minimum absolute atomic E-state index is 0.268. The van der Waals surface area contributed by atoms with E-state index in [4.69, 9.17) is 37.4 Å². The molecule has 1 N–H and O–H groups in total. The summed E-state index contributed by atoms with van der Waals surface area (Å²) in [6.45, 7) is 1.04. The fourth-order valence-electron chi connectivity index (χ4n) is 2.49. The highest BCUT2D eigenvalue weighted by atomic mass is 35.5. The zero-order valence-corrected chi connectivity index (χ0v) is 18.0. The number of para-hydroxylation sites is 1. The number of rotatable bonds is 8. The Morgan fingerprint density at radius 3 is 2.29 bits per heavy atom. The summed E-state index contributed by atoms with van der Waals surface area (Å²) >= 11 is 11.8. The van der Waals surface area contributed by atoms with Gasteiger partial charge >= 0.3 is 5.97 Å². The number of esters is 1. The average molecular weight is 460 g/mol. The maximum atomic E-state index is 12.1. The number of carbonyl (C=O) groups excluding carboxylic acids is 2. The first-order chi connectivity index (χ1) is 14.9. The van der Waals surface area contributed by atoms with E-state index in [1.807, 2.05) is 30.3 Å². The lowest BCUT2D eigenvalue weighted by molar-refractivity contribution is -0.153. The van der Waals surface area contributed by atoms with Crippen LogP contribution in [0.2, 0.25) is 10.0 Å². The van der Waals surface area contributed by atoms with Crippen LogP contribution in [0.3, 0.4) is 0 Å². The van der Waals surface area contributed by atoms with Gasteiger partial charge in [-0.15, -0.1) is 0 Å². The van der Waals surface area contributed by atoms with Crippen molar-refractivity contribution in [2.45, 2.75) is 13.0 Å². The molecule has 1 atom stereocenters. The Labute approximate surface area is 189 Å². The zero-order chi connectivity index (χ0) is 22.2. The monoisotopic (exact) mass is 459 g/mol. The highest BCUT2D eigenvalue weighted by Crippen LogP contribution is 2.28. The van der Waals surface area contributed by atoms with Crippen molar-refractivity contribution >= 4 is 40.8 Å². The number of anilines is 1. The lowest BCUT2D eigenvalue weighted by atomic mass is 10.3. The van der Waals surface area contributed by atoms with Crippen molar-refractivity contribution in [3.8, 4) is 17.2 Å². The van der Waals surface area contributed by atoms with Gasteiger partial charge in [-0.25, -0.2) is 4.79 Å². The molecule has 3 aromatic rings. The molecule has 0 aliphatic rings. The van der Waals surface area contributed by atoms with E-state index in [-0.39, 0.29) is 10.8 Å². The number of amides is 1. The second-order valence-corrected chi connectivity index (χ2v) is 7.27. The highest BCUT2D eigenvalue weighted by molar-refractivity contribution is 6.35. The maximum Gasteiger partial charge on any atom is 0.347 e. The van der Waals surface area contributed by atoms with Crippen LogP contribution in [0.1, 0.15) is 6.92 Å². The Morgan fingerprint density at radius 1 is 0.935 bits per heavy atom. The van der Waals surface area contributed by atoms with Crippen LogP contribution in [-0.4, -0.2) is 24.6 Å². The van der Waals surface area contributed by atoms with Crippen LogP contribution >= 0.6 is 23.2 Å². The summed E-state index contributed by atoms with van der Waals surface area (Å²) < 4.78 is 16.2. The zero-order valence-electron chi connectivity index (χ0n) is 16.5. The third-order valence-corrected chi connectivity index (χ3v) is 4.52. The van der Waals surface area contributed by atoms with E-state index in [1.165, 1.54) is 13.0 Å². The fraction of sp³-hybridized carbons (Fsp3) is 0.130. The van der Waals surface area contributed by atoms with Gasteiger partial charge in [-0.3, -0.25) is 4.79 Å². The first-order valence-electron chi connectivity index (χ1n) is 9.32. The maximum absolute atomic E-state index is 12.1. The summed E-state index contributed by atoms with van der Waals surface area (Å²) in [6, 6.07) is 20.8. The molecule has 0 aromatic heterocycles. The van der Waals surface area contributed by atoms with Gasteiger partial charge in [0.05, 0.1) is 5.02 Å². The molecule has 0 bridgehead atoms. The third kappa shape index (κ3) is 6.91. The van der Waals surface area contributed by atoms with E-state index < -0.39 is 24.6 Å². The van der Waals surface area contributed by atoms with E-state index >= 15 is 0 Å². The molecule has 160 valence electrons. The van der Waals surface area contributed by atoms with Crippen molar-refractivity contribution in [2.75, 3.05) is 11.9 Å². The van der Waals surface area contributed by atoms with Crippen LogP contribution in [0.15, 0.2) is 72.8 Å². The molecule has 0 aliphatic heterocycles. The van der Waals surface area contributed by atoms with Gasteiger partial charge in [-0.1, -0.05) is 41.4 Å². The second kappa shape index (κ2) is 10.7. The summed E-state index contributed by atoms with van der Waals surface area (Å²) in [6.07, 6.45) is -0.958. The molecule has 8 heteroatoms. The van der Waals surface area contributed by atoms with Gasteiger partial charge < -0.3 is 19.5 Å². The topological polar surface area (TPSA) is 73.9 Å². The Balaban J connectivity index is 1.45. The summed E-state index contributed by atoms with van der Waals surface area (Å²) in [5.41, 5.74) is 0.540. The number of nitrogens with one attached hydrogen (secondary N) is 1. The molecule has 0 heterocycles. The second-order valence-electron chi connectivity index (χ2n) is 6.43. The van der Waals surface area contributed by atoms with Crippen LogP contribution < -0.4 is 14.8 Å². The molecule has 0 unspecified atom stereocenters. The van der Waals surface area contributed by atoms with E-state index in [9.17, 15) is 9.59 Å². The third-order valence-electron chi connectivity index (χ3n) is 3.99. The van der Waals surface area contributed by atoms with Gasteiger partial charge in [-0.05, 0) is 61.5 Å². The van der Waals surface area contributed by atoms with Gasteiger partial charge in [0.15, 0.2) is 12.7 Å². The predicted octanol–water partition coefficient (Wildman–Crippen LogP) is 5.73. The first-order valence-corrected chi connectivity index (χ1v) is 10.1. The van der Waals surface area contributed by atoms with E-state index in [2.05, 4.69) is 5.32 Å². The van der Waals surface area contributed by atoms with Gasteiger partial charge in [0.25, 0.3) is 5.91 Å². The van der Waals surface area contributed by atoms with Crippen LogP contribution in [-0.2, 0) is 14.3 Å². The van der Waals surface area contributed by atoms with Crippen molar-refractivity contribution in [1.82, 2.24) is 0 Å². The van der Waals surface area contributed by atoms with Crippen molar-refractivity contribution in [3.63, 3.8) is 0 Å².